The molecule has 2 heterocycles. The SMILES string of the molecule is C[Si](C)(C)CCOCn1ncc(N2Cc3ccc(C#N)cc3C2)c(C(F)(F)F)c1=O. The van der Waals surface area contributed by atoms with Crippen molar-refractivity contribution in [2.24, 2.45) is 0 Å². The normalized spacial score (nSPS) is 14.0. The number of halogens is 3. The summed E-state index contributed by atoms with van der Waals surface area (Å²) < 4.78 is 47.5. The molecule has 0 bridgehead atoms. The minimum atomic E-state index is -4.83. The van der Waals surface area contributed by atoms with Crippen LogP contribution in [0.25, 0.3) is 0 Å². The van der Waals surface area contributed by atoms with Crippen molar-refractivity contribution in [3.8, 4) is 6.07 Å². The van der Waals surface area contributed by atoms with Crippen molar-refractivity contribution < 1.29 is 17.9 Å². The van der Waals surface area contributed by atoms with Gasteiger partial charge in [0.1, 0.15) is 12.3 Å². The first kappa shape index (κ1) is 22.1. The van der Waals surface area contributed by atoms with E-state index in [0.717, 1.165) is 23.4 Å². The van der Waals surface area contributed by atoms with Gasteiger partial charge in [0, 0.05) is 27.8 Å². The van der Waals surface area contributed by atoms with E-state index in [9.17, 15) is 18.0 Å². The number of benzene rings is 1. The van der Waals surface area contributed by atoms with Crippen LogP contribution in [-0.4, -0.2) is 24.5 Å². The molecule has 2 aromatic rings. The molecule has 0 unspecified atom stereocenters. The van der Waals surface area contributed by atoms with Crippen LogP contribution in [0.3, 0.4) is 0 Å². The molecule has 0 saturated carbocycles. The van der Waals surface area contributed by atoms with Gasteiger partial charge < -0.3 is 9.64 Å². The molecular weight excluding hydrogens is 413 g/mol. The number of hydrogen-bond donors (Lipinski definition) is 0. The van der Waals surface area contributed by atoms with E-state index in [4.69, 9.17) is 10.00 Å². The molecular formula is C20H23F3N4O2Si. The van der Waals surface area contributed by atoms with Gasteiger partial charge in [-0.15, -0.1) is 0 Å². The van der Waals surface area contributed by atoms with Gasteiger partial charge in [-0.1, -0.05) is 25.7 Å². The zero-order valence-electron chi connectivity index (χ0n) is 17.1. The molecule has 10 heteroatoms. The highest BCUT2D eigenvalue weighted by Crippen LogP contribution is 2.37. The summed E-state index contributed by atoms with van der Waals surface area (Å²) in [5.41, 5.74) is -0.709. The second-order valence-corrected chi connectivity index (χ2v) is 14.1. The molecule has 0 aliphatic carbocycles. The minimum Gasteiger partial charge on any atom is -0.361 e. The van der Waals surface area contributed by atoms with Gasteiger partial charge >= 0.3 is 6.18 Å². The van der Waals surface area contributed by atoms with Crippen LogP contribution in [0, 0.1) is 11.3 Å². The Kier molecular flexibility index (Phi) is 6.05. The van der Waals surface area contributed by atoms with E-state index in [0.29, 0.717) is 16.9 Å². The number of ether oxygens (including phenoxy) is 1. The molecule has 0 fully saturated rings. The maximum absolute atomic E-state index is 13.8. The Labute approximate surface area is 173 Å². The first-order chi connectivity index (χ1) is 14.0. The van der Waals surface area contributed by atoms with Crippen LogP contribution < -0.4 is 10.5 Å². The lowest BCUT2D eigenvalue weighted by Gasteiger charge is -2.22. The summed E-state index contributed by atoms with van der Waals surface area (Å²) in [4.78, 5) is 14.1. The van der Waals surface area contributed by atoms with Crippen molar-refractivity contribution >= 4 is 13.8 Å². The van der Waals surface area contributed by atoms with Crippen molar-refractivity contribution in [3.05, 3.63) is 57.0 Å². The van der Waals surface area contributed by atoms with Gasteiger partial charge in [-0.05, 0) is 29.3 Å². The predicted molar refractivity (Wildman–Crippen MR) is 109 cm³/mol. The number of nitrogens with zero attached hydrogens (tertiary/aromatic N) is 4. The Morgan fingerprint density at radius 1 is 1.23 bits per heavy atom. The topological polar surface area (TPSA) is 71.2 Å². The molecule has 1 aromatic carbocycles. The fourth-order valence-electron chi connectivity index (χ4n) is 3.24. The Morgan fingerprint density at radius 2 is 1.93 bits per heavy atom. The van der Waals surface area contributed by atoms with Crippen molar-refractivity contribution in [1.29, 1.82) is 5.26 Å². The largest absolute Gasteiger partial charge is 0.423 e. The maximum Gasteiger partial charge on any atom is 0.423 e. The van der Waals surface area contributed by atoms with Crippen molar-refractivity contribution in [2.75, 3.05) is 11.5 Å². The lowest BCUT2D eigenvalue weighted by atomic mass is 10.1. The average molecular weight is 437 g/mol. The van der Waals surface area contributed by atoms with E-state index in [1.165, 1.54) is 4.90 Å². The van der Waals surface area contributed by atoms with Crippen LogP contribution in [0.2, 0.25) is 25.7 Å². The van der Waals surface area contributed by atoms with Gasteiger partial charge in [-0.2, -0.15) is 23.5 Å². The summed E-state index contributed by atoms with van der Waals surface area (Å²) in [6.07, 6.45) is -3.76. The van der Waals surface area contributed by atoms with Gasteiger partial charge in [0.2, 0.25) is 0 Å². The molecule has 6 nitrogen and oxygen atoms in total. The molecule has 1 aromatic heterocycles. The van der Waals surface area contributed by atoms with E-state index in [1.807, 2.05) is 6.07 Å². The number of hydrogen-bond acceptors (Lipinski definition) is 5. The molecule has 1 aliphatic rings. The smallest absolute Gasteiger partial charge is 0.361 e. The third-order valence-electron chi connectivity index (χ3n) is 4.92. The van der Waals surface area contributed by atoms with Gasteiger partial charge in [-0.25, -0.2) is 4.68 Å². The lowest BCUT2D eigenvalue weighted by Crippen LogP contribution is -2.34. The highest BCUT2D eigenvalue weighted by atomic mass is 28.3. The van der Waals surface area contributed by atoms with Crippen molar-refractivity contribution in [1.82, 2.24) is 9.78 Å². The van der Waals surface area contributed by atoms with Gasteiger partial charge in [0.25, 0.3) is 5.56 Å². The van der Waals surface area contributed by atoms with E-state index in [1.54, 1.807) is 18.2 Å². The van der Waals surface area contributed by atoms with E-state index >= 15 is 0 Å². The van der Waals surface area contributed by atoms with Crippen LogP contribution in [0.1, 0.15) is 22.3 Å². The summed E-state index contributed by atoms with van der Waals surface area (Å²) >= 11 is 0. The number of anilines is 1. The number of alkyl halides is 3. The predicted octanol–water partition coefficient (Wildman–Crippen LogP) is 3.97. The third kappa shape index (κ3) is 4.91. The standard InChI is InChI=1S/C20H23F3N4O2Si/c1-30(2,3)7-6-29-13-27-19(28)18(20(21,22)23)17(10-25-27)26-11-15-5-4-14(9-24)8-16(15)12-26/h4-5,8,10H,6-7,11-13H2,1-3H3. The van der Waals surface area contributed by atoms with Gasteiger partial charge in [0.05, 0.1) is 23.5 Å². The zero-order valence-corrected chi connectivity index (χ0v) is 18.1. The second kappa shape index (κ2) is 8.24. The number of aromatic nitrogens is 2. The molecule has 3 rings (SSSR count). The van der Waals surface area contributed by atoms with E-state index in [2.05, 4.69) is 24.7 Å². The maximum atomic E-state index is 13.8. The average Bonchev–Trinajstić information content (AvgIpc) is 3.07. The molecule has 0 spiro atoms. The fraction of sp³-hybridized carbons (Fsp3) is 0.450. The molecule has 0 atom stereocenters. The monoisotopic (exact) mass is 436 g/mol. The number of fused-ring (bicyclic) bond motifs is 1. The molecule has 160 valence electrons. The molecule has 0 saturated heterocycles. The van der Waals surface area contributed by atoms with Crippen LogP contribution in [0.4, 0.5) is 18.9 Å². The summed E-state index contributed by atoms with van der Waals surface area (Å²) in [5.74, 6) is 0. The molecule has 0 N–H and O–H groups in total. The highest BCUT2D eigenvalue weighted by Gasteiger charge is 2.40. The summed E-state index contributed by atoms with van der Waals surface area (Å²) in [7, 11) is -1.35. The number of rotatable bonds is 6. The van der Waals surface area contributed by atoms with Crippen LogP contribution in [0.15, 0.2) is 29.2 Å². The second-order valence-electron chi connectivity index (χ2n) is 8.51. The summed E-state index contributed by atoms with van der Waals surface area (Å²) in [5, 5.41) is 13.0. The first-order valence-corrected chi connectivity index (χ1v) is 13.2. The van der Waals surface area contributed by atoms with E-state index < -0.39 is 25.4 Å². The Bertz CT molecular complexity index is 1040. The van der Waals surface area contributed by atoms with E-state index in [-0.39, 0.29) is 25.5 Å². The first-order valence-electron chi connectivity index (χ1n) is 9.51. The van der Waals surface area contributed by atoms with Crippen LogP contribution in [-0.2, 0) is 30.7 Å². The van der Waals surface area contributed by atoms with Gasteiger partial charge in [0.15, 0.2) is 0 Å². The third-order valence-corrected chi connectivity index (χ3v) is 6.62. The van der Waals surface area contributed by atoms with Crippen molar-refractivity contribution in [2.45, 2.75) is 51.7 Å². The Morgan fingerprint density at radius 3 is 2.57 bits per heavy atom. The number of nitriles is 1. The van der Waals surface area contributed by atoms with Gasteiger partial charge in [-0.3, -0.25) is 4.79 Å². The fourth-order valence-corrected chi connectivity index (χ4v) is 4.00. The minimum absolute atomic E-state index is 0.172. The van der Waals surface area contributed by atoms with Crippen LogP contribution in [0.5, 0.6) is 0 Å². The Hall–Kier alpha value is -2.64. The quantitative estimate of drug-likeness (QED) is 0.506. The lowest BCUT2D eigenvalue weighted by molar-refractivity contribution is -0.138. The molecule has 0 radical (unpaired) electrons. The highest BCUT2D eigenvalue weighted by molar-refractivity contribution is 6.76. The Balaban J connectivity index is 1.86. The molecule has 1 aliphatic heterocycles. The molecule has 0 amide bonds. The zero-order chi connectivity index (χ0) is 22.1. The van der Waals surface area contributed by atoms with Crippen molar-refractivity contribution in [3.63, 3.8) is 0 Å². The van der Waals surface area contributed by atoms with Crippen LogP contribution >= 0.6 is 0 Å². The summed E-state index contributed by atoms with van der Waals surface area (Å²) in [6.45, 7) is 6.91. The molecule has 30 heavy (non-hydrogen) atoms. The summed E-state index contributed by atoms with van der Waals surface area (Å²) in [6, 6.07) is 7.86.